The molecule has 12 N–H and O–H groups in total. The van der Waals surface area contributed by atoms with Gasteiger partial charge in [-0.15, -0.1) is 0 Å². The number of aromatic nitrogens is 6. The van der Waals surface area contributed by atoms with Gasteiger partial charge in [-0.05, 0) is 117 Å². The lowest BCUT2D eigenvalue weighted by molar-refractivity contribution is 0.233. The van der Waals surface area contributed by atoms with Crippen LogP contribution >= 0.6 is 0 Å². The highest BCUT2D eigenvalue weighted by molar-refractivity contribution is 5.68. The highest BCUT2D eigenvalue weighted by Crippen LogP contribution is 2.43. The molecule has 72 heavy (non-hydrogen) atoms. The topological polar surface area (TPSA) is 266 Å². The number of unbranched alkanes of at least 4 members (excludes halogenated alkanes) is 2. The van der Waals surface area contributed by atoms with Gasteiger partial charge in [-0.1, -0.05) is 26.7 Å². The molecule has 6 aromatic rings. The van der Waals surface area contributed by atoms with E-state index in [9.17, 15) is 0 Å². The largest absolute Gasteiger partial charge is 0.490 e. The van der Waals surface area contributed by atoms with Gasteiger partial charge in [0.1, 0.15) is 23.0 Å². The Bertz CT molecular complexity index is 2550. The number of nitrogen functional groups attached to an aromatic ring is 4. The van der Waals surface area contributed by atoms with E-state index < -0.39 is 0 Å². The minimum Gasteiger partial charge on any atom is -0.490 e. The molecule has 18 nitrogen and oxygen atoms in total. The molecular formula is C54H74N14O4. The molecule has 0 radical (unpaired) electrons. The highest BCUT2D eigenvalue weighted by Gasteiger charge is 2.26. The minimum atomic E-state index is -0.180. The van der Waals surface area contributed by atoms with Crippen LogP contribution < -0.4 is 63.1 Å². The third-order valence-corrected chi connectivity index (χ3v) is 11.4. The monoisotopic (exact) mass is 983 g/mol. The predicted octanol–water partition coefficient (Wildman–Crippen LogP) is 10.1. The second kappa shape index (κ2) is 23.6. The minimum absolute atomic E-state index is 0.0908. The zero-order chi connectivity index (χ0) is 51.6. The van der Waals surface area contributed by atoms with Crippen LogP contribution in [0.3, 0.4) is 0 Å². The molecule has 2 aromatic heterocycles. The number of nitrogens with zero attached hydrogens (tertiary/aromatic N) is 6. The van der Waals surface area contributed by atoms with Crippen molar-refractivity contribution in [2.75, 3.05) is 57.3 Å². The van der Waals surface area contributed by atoms with Crippen molar-refractivity contribution in [1.82, 2.24) is 29.9 Å². The maximum absolute atomic E-state index is 6.92. The third kappa shape index (κ3) is 13.9. The first-order valence-corrected chi connectivity index (χ1v) is 25.3. The summed E-state index contributed by atoms with van der Waals surface area (Å²) in [5, 5.41) is 13.5. The van der Waals surface area contributed by atoms with E-state index in [1.54, 1.807) is 0 Å². The summed E-state index contributed by atoms with van der Waals surface area (Å²) in [6.45, 7) is 21.8. The molecule has 4 aromatic carbocycles. The maximum atomic E-state index is 6.92. The van der Waals surface area contributed by atoms with Gasteiger partial charge in [0.2, 0.25) is 35.7 Å². The lowest BCUT2D eigenvalue weighted by Gasteiger charge is -2.26. The normalized spacial score (nSPS) is 12.3. The first-order valence-electron chi connectivity index (χ1n) is 25.3. The molecule has 0 fully saturated rings. The molecule has 2 heterocycles. The molecule has 1 aliphatic carbocycles. The Morgan fingerprint density at radius 2 is 0.667 bits per heavy atom. The number of rotatable bonds is 20. The van der Waals surface area contributed by atoms with Crippen molar-refractivity contribution < 1.29 is 18.9 Å². The summed E-state index contributed by atoms with van der Waals surface area (Å²) in [7, 11) is 0. The van der Waals surface area contributed by atoms with Crippen molar-refractivity contribution in [1.29, 1.82) is 0 Å². The van der Waals surface area contributed by atoms with E-state index in [0.29, 0.717) is 96.8 Å². The molecule has 0 atom stereocenters. The van der Waals surface area contributed by atoms with Gasteiger partial charge >= 0.3 is 0 Å². The average molecular weight is 983 g/mol. The van der Waals surface area contributed by atoms with Crippen molar-refractivity contribution in [2.24, 2.45) is 0 Å². The fourth-order valence-electron chi connectivity index (χ4n) is 8.70. The molecule has 1 aliphatic rings. The first-order chi connectivity index (χ1) is 34.4. The number of benzene rings is 4. The van der Waals surface area contributed by atoms with Crippen molar-refractivity contribution >= 4 is 58.4 Å². The van der Waals surface area contributed by atoms with E-state index in [1.807, 2.05) is 79.7 Å². The summed E-state index contributed by atoms with van der Waals surface area (Å²) in [5.41, 5.74) is 35.9. The Hall–Kier alpha value is -7.50. The predicted molar refractivity (Wildman–Crippen MR) is 291 cm³/mol. The van der Waals surface area contributed by atoms with Gasteiger partial charge in [0.05, 0.1) is 24.4 Å². The molecule has 0 saturated heterocycles. The standard InChI is InChI=1S/C54H74N14O4/c1-11-13-15-59-51-63-49(57)65-53(67-51)61-43-25-37-17-33-21-41(55)23-35(45(33)69-29(3)4)19-39-27-44(62-54-66-50(58)64-52(68-54)60-16-14-12-2)28-40(48(39)72-32(9)10)20-36-24-42(56)22-34(46(36)70-30(5)6)18-38(26-43)47(37)71-31(7)8/h21-32H,11-20,55-56H2,1-10H3,(H4,57,59,61,63,65,67)(H4,58,60,62,64,66,68). The first kappa shape index (κ1) is 52.3. The molecule has 0 saturated carbocycles. The van der Waals surface area contributed by atoms with Crippen molar-refractivity contribution in [3.05, 3.63) is 93.0 Å². The summed E-state index contributed by atoms with van der Waals surface area (Å²) >= 11 is 0. The van der Waals surface area contributed by atoms with Crippen LogP contribution in [0.15, 0.2) is 48.5 Å². The van der Waals surface area contributed by atoms with Crippen LogP contribution in [0.2, 0.25) is 0 Å². The quantitative estimate of drug-likeness (QED) is 0.0261. The Balaban J connectivity index is 1.49. The van der Waals surface area contributed by atoms with Gasteiger partial charge in [0, 0.05) is 106 Å². The summed E-state index contributed by atoms with van der Waals surface area (Å²) in [4.78, 5) is 27.1. The van der Waals surface area contributed by atoms with Crippen molar-refractivity contribution in [3.63, 3.8) is 0 Å². The van der Waals surface area contributed by atoms with Gasteiger partial charge in [-0.25, -0.2) is 0 Å². The third-order valence-electron chi connectivity index (χ3n) is 11.4. The Morgan fingerprint density at radius 3 is 0.931 bits per heavy atom. The van der Waals surface area contributed by atoms with Gasteiger partial charge in [0.15, 0.2) is 0 Å². The molecule has 18 heteroatoms. The molecule has 0 unspecified atom stereocenters. The summed E-state index contributed by atoms with van der Waals surface area (Å²) in [5.74, 6) is 4.40. The zero-order valence-electron chi connectivity index (χ0n) is 43.6. The summed E-state index contributed by atoms with van der Waals surface area (Å²) in [6.07, 6.45) is 4.73. The van der Waals surface area contributed by atoms with Gasteiger partial charge in [-0.3, -0.25) is 0 Å². The van der Waals surface area contributed by atoms with Crippen LogP contribution in [0.25, 0.3) is 0 Å². The van der Waals surface area contributed by atoms with E-state index in [2.05, 4.69) is 79.3 Å². The lowest BCUT2D eigenvalue weighted by Crippen LogP contribution is -2.16. The Labute approximate surface area is 424 Å². The van der Waals surface area contributed by atoms with Crippen LogP contribution in [0.4, 0.5) is 58.4 Å². The maximum Gasteiger partial charge on any atom is 0.233 e. The van der Waals surface area contributed by atoms with Crippen LogP contribution in [0.1, 0.15) is 139 Å². The number of hydrogen-bond acceptors (Lipinski definition) is 18. The number of hydrogen-bond donors (Lipinski definition) is 8. The van der Waals surface area contributed by atoms with Crippen molar-refractivity contribution in [3.8, 4) is 23.0 Å². The molecule has 0 amide bonds. The van der Waals surface area contributed by atoms with E-state index in [0.717, 1.165) is 81.7 Å². The van der Waals surface area contributed by atoms with E-state index in [4.69, 9.17) is 51.9 Å². The molecular weight excluding hydrogens is 909 g/mol. The zero-order valence-corrected chi connectivity index (χ0v) is 43.6. The van der Waals surface area contributed by atoms with Crippen LogP contribution in [0.5, 0.6) is 23.0 Å². The highest BCUT2D eigenvalue weighted by atomic mass is 16.5. The second-order valence-electron chi connectivity index (χ2n) is 19.4. The number of anilines is 10. The Morgan fingerprint density at radius 1 is 0.403 bits per heavy atom. The molecule has 384 valence electrons. The fourth-order valence-corrected chi connectivity index (χ4v) is 8.70. The second-order valence-corrected chi connectivity index (χ2v) is 19.4. The smallest absolute Gasteiger partial charge is 0.233 e. The van der Waals surface area contributed by atoms with Gasteiger partial charge in [0.25, 0.3) is 0 Å². The summed E-state index contributed by atoms with van der Waals surface area (Å²) in [6, 6.07) is 16.2. The van der Waals surface area contributed by atoms with Crippen LogP contribution in [-0.4, -0.2) is 67.4 Å². The molecule has 8 bridgehead atoms. The molecule has 7 rings (SSSR count). The number of ether oxygens (including phenoxy) is 4. The van der Waals surface area contributed by atoms with Gasteiger partial charge in [-0.2, -0.15) is 29.9 Å². The Kier molecular flexibility index (Phi) is 17.2. The van der Waals surface area contributed by atoms with E-state index in [-0.39, 0.29) is 36.3 Å². The average Bonchev–Trinajstić information content (AvgIpc) is 3.27. The SMILES string of the molecule is CCCCNc1nc(N)nc(Nc2cc3c(OC(C)C)c(c2)Cc2cc(N)cc(c2OC(C)C)Cc2cc(Nc4nc(N)nc(NCCCC)n4)cc(c2OC(C)C)Cc2cc(N)cc(c2OC(C)C)C3)n1. The molecule has 0 aliphatic heterocycles. The lowest BCUT2D eigenvalue weighted by atomic mass is 9.90. The summed E-state index contributed by atoms with van der Waals surface area (Å²) < 4.78 is 27.4. The van der Waals surface area contributed by atoms with Crippen LogP contribution in [-0.2, 0) is 25.7 Å². The number of fused-ring (bicyclic) bond motifs is 8. The van der Waals surface area contributed by atoms with E-state index >= 15 is 0 Å². The van der Waals surface area contributed by atoms with Crippen LogP contribution in [0, 0.1) is 0 Å². The van der Waals surface area contributed by atoms with Gasteiger partial charge < -0.3 is 63.1 Å². The number of nitrogens with two attached hydrogens (primary N) is 4. The van der Waals surface area contributed by atoms with E-state index in [1.165, 1.54) is 0 Å². The molecule has 0 spiro atoms. The van der Waals surface area contributed by atoms with Crippen molar-refractivity contribution in [2.45, 2.75) is 145 Å². The fraction of sp³-hybridized carbons (Fsp3) is 0.444. The number of nitrogens with one attached hydrogen (secondary N) is 4.